The molecule has 1 unspecified atom stereocenters. The average Bonchev–Trinajstić information content (AvgIpc) is 3.35. The molecule has 1 aliphatic heterocycles. The number of benzene rings is 2. The van der Waals surface area contributed by atoms with E-state index in [2.05, 4.69) is 5.73 Å². The summed E-state index contributed by atoms with van der Waals surface area (Å²) in [6.07, 6.45) is 0. The van der Waals surface area contributed by atoms with Crippen LogP contribution in [-0.2, 0) is 0 Å². The number of carbonyl (C=O) groups is 2. The molecule has 3 atom stereocenters. The van der Waals surface area contributed by atoms with Crippen LogP contribution < -0.4 is 10.6 Å². The van der Waals surface area contributed by atoms with Crippen molar-refractivity contribution in [2.45, 2.75) is 16.8 Å². The van der Waals surface area contributed by atoms with Gasteiger partial charge in [-0.1, -0.05) is 60.3 Å². The zero-order chi connectivity index (χ0) is 19.7. The van der Waals surface area contributed by atoms with Crippen molar-refractivity contribution in [3.05, 3.63) is 88.1 Å². The monoisotopic (exact) mass is 411 g/mol. The van der Waals surface area contributed by atoms with Crippen LogP contribution in [0.15, 0.2) is 72.1 Å². The van der Waals surface area contributed by atoms with Crippen molar-refractivity contribution in [3.8, 4) is 0 Å². The maximum absolute atomic E-state index is 13.3. The summed E-state index contributed by atoms with van der Waals surface area (Å²) >= 11 is 3.05. The van der Waals surface area contributed by atoms with Crippen LogP contribution in [0.3, 0.4) is 0 Å². The summed E-state index contributed by atoms with van der Waals surface area (Å²) in [5.74, 6) is -0.955. The first kappa shape index (κ1) is 18.7. The molecule has 0 bridgehead atoms. The van der Waals surface area contributed by atoms with Gasteiger partial charge in [-0.15, -0.1) is 11.3 Å². The Hall–Kier alpha value is -2.61. The third-order valence-electron chi connectivity index (χ3n) is 4.76. The zero-order valence-corrected chi connectivity index (χ0v) is 16.5. The maximum atomic E-state index is 13.3. The summed E-state index contributed by atoms with van der Waals surface area (Å²) in [5.41, 5.74) is 5.40. The molecule has 1 saturated heterocycles. The first-order chi connectivity index (χ1) is 13.6. The Labute approximate surface area is 170 Å². The van der Waals surface area contributed by atoms with E-state index in [0.717, 1.165) is 4.88 Å². The molecule has 5 nitrogen and oxygen atoms in total. The van der Waals surface area contributed by atoms with E-state index in [9.17, 15) is 14.7 Å². The molecule has 1 aliphatic rings. The van der Waals surface area contributed by atoms with Crippen molar-refractivity contribution in [3.63, 3.8) is 0 Å². The number of quaternary nitrogens is 1. The van der Waals surface area contributed by atoms with Gasteiger partial charge in [-0.3, -0.25) is 4.79 Å². The van der Waals surface area contributed by atoms with Gasteiger partial charge in [0.15, 0.2) is 5.78 Å². The van der Waals surface area contributed by atoms with E-state index in [4.69, 9.17) is 0 Å². The number of hydrogen-bond donors (Lipinski definition) is 2. The Bertz CT molecular complexity index is 992. The minimum atomic E-state index is -0.990. The summed E-state index contributed by atoms with van der Waals surface area (Å²) in [7, 11) is 0. The molecule has 1 aromatic heterocycles. The number of rotatable bonds is 5. The lowest BCUT2D eigenvalue weighted by atomic mass is 10.00. The molecular weight excluding hydrogens is 392 g/mol. The molecular formula is C21H19N2O3S2+. The fraction of sp³-hybridized carbons (Fsp3) is 0.143. The van der Waals surface area contributed by atoms with Crippen molar-refractivity contribution >= 4 is 40.5 Å². The van der Waals surface area contributed by atoms with Crippen LogP contribution in [0.1, 0.15) is 31.6 Å². The molecule has 0 spiro atoms. The van der Waals surface area contributed by atoms with Crippen LogP contribution in [0.4, 0.5) is 5.69 Å². The Morgan fingerprint density at radius 1 is 0.964 bits per heavy atom. The first-order valence-corrected chi connectivity index (χ1v) is 10.6. The van der Waals surface area contributed by atoms with Crippen LogP contribution >= 0.6 is 23.1 Å². The summed E-state index contributed by atoms with van der Waals surface area (Å²) in [5, 5.41) is 11.3. The number of anilines is 1. The Balaban J connectivity index is 1.81. The molecule has 4 rings (SSSR count). The lowest BCUT2D eigenvalue weighted by Crippen LogP contribution is -2.65. The first-order valence-electron chi connectivity index (χ1n) is 8.80. The Kier molecular flexibility index (Phi) is 5.21. The highest BCUT2D eigenvalue weighted by molar-refractivity contribution is 8.01. The molecule has 1 fully saturated rings. The smallest absolute Gasteiger partial charge is 0.337 e. The number of Topliss-reactive ketones (excluding diaryl/α,β-unsaturated/α-hetero) is 1. The van der Waals surface area contributed by atoms with Gasteiger partial charge in [-0.2, -0.15) is 0 Å². The van der Waals surface area contributed by atoms with Crippen LogP contribution in [0.25, 0.3) is 0 Å². The van der Waals surface area contributed by atoms with E-state index in [1.165, 1.54) is 11.8 Å². The number of thioether (sulfide) groups is 1. The van der Waals surface area contributed by atoms with Gasteiger partial charge in [0.1, 0.15) is 5.25 Å². The van der Waals surface area contributed by atoms with Crippen molar-refractivity contribution in [1.29, 1.82) is 0 Å². The van der Waals surface area contributed by atoms with Crippen LogP contribution in [0.2, 0.25) is 0 Å². The standard InChI is InChI=1S/C21H18N2O3S2/c22-21-23(15-10-5-4-9-14(15)20(25)26)17(16-11-6-12-27-16)19(28-21)18(24)13-7-2-1-3-8-13/h1-12,17,19,21H,22H2,(H,25,26)/p+1/t17-,19+,21?/m0/s1. The number of ketones is 1. The predicted molar refractivity (Wildman–Crippen MR) is 112 cm³/mol. The second-order valence-corrected chi connectivity index (χ2v) is 8.73. The molecule has 0 radical (unpaired) electrons. The Morgan fingerprint density at radius 2 is 1.68 bits per heavy atom. The number of carboxylic acid groups (broad SMARTS) is 1. The number of aromatic carboxylic acids is 1. The van der Waals surface area contributed by atoms with Gasteiger partial charge in [0, 0.05) is 10.4 Å². The lowest BCUT2D eigenvalue weighted by molar-refractivity contribution is -0.384. The quantitative estimate of drug-likeness (QED) is 0.628. The summed E-state index contributed by atoms with van der Waals surface area (Å²) in [4.78, 5) is 28.1. The molecule has 142 valence electrons. The lowest BCUT2D eigenvalue weighted by Gasteiger charge is -2.29. The van der Waals surface area contributed by atoms with Gasteiger partial charge in [0.2, 0.25) is 5.50 Å². The van der Waals surface area contributed by atoms with Gasteiger partial charge in [-0.05, 0) is 23.6 Å². The van der Waals surface area contributed by atoms with Gasteiger partial charge in [-0.25, -0.2) is 4.79 Å². The van der Waals surface area contributed by atoms with Gasteiger partial charge in [0.25, 0.3) is 0 Å². The highest BCUT2D eigenvalue weighted by Gasteiger charge is 2.48. The van der Waals surface area contributed by atoms with Crippen molar-refractivity contribution in [2.75, 3.05) is 4.90 Å². The predicted octanol–water partition coefficient (Wildman–Crippen LogP) is 3.52. The largest absolute Gasteiger partial charge is 0.478 e. The molecule has 3 aromatic rings. The van der Waals surface area contributed by atoms with Crippen molar-refractivity contribution in [2.24, 2.45) is 0 Å². The van der Waals surface area contributed by atoms with E-state index in [1.54, 1.807) is 29.5 Å². The summed E-state index contributed by atoms with van der Waals surface area (Å²) in [6.45, 7) is 0. The zero-order valence-electron chi connectivity index (χ0n) is 14.9. The van der Waals surface area contributed by atoms with E-state index in [-0.39, 0.29) is 28.1 Å². The minimum Gasteiger partial charge on any atom is -0.478 e. The van der Waals surface area contributed by atoms with E-state index in [0.29, 0.717) is 11.3 Å². The molecule has 7 heteroatoms. The van der Waals surface area contributed by atoms with E-state index >= 15 is 0 Å². The van der Waals surface area contributed by atoms with E-state index < -0.39 is 5.97 Å². The topological polar surface area (TPSA) is 85.3 Å². The van der Waals surface area contributed by atoms with Crippen LogP contribution in [0.5, 0.6) is 0 Å². The highest BCUT2D eigenvalue weighted by Crippen LogP contribution is 2.48. The number of carboxylic acids is 1. The normalized spacial score (nSPS) is 21.6. The average molecular weight is 412 g/mol. The van der Waals surface area contributed by atoms with E-state index in [1.807, 2.05) is 58.8 Å². The fourth-order valence-corrected chi connectivity index (χ4v) is 5.88. The van der Waals surface area contributed by atoms with Gasteiger partial charge < -0.3 is 15.7 Å². The van der Waals surface area contributed by atoms with Gasteiger partial charge in [0.05, 0.1) is 17.3 Å². The summed E-state index contributed by atoms with van der Waals surface area (Å²) in [6, 6.07) is 19.8. The fourth-order valence-electron chi connectivity index (χ4n) is 3.54. The van der Waals surface area contributed by atoms with Gasteiger partial charge >= 0.3 is 5.97 Å². The molecule has 28 heavy (non-hydrogen) atoms. The Morgan fingerprint density at radius 3 is 2.36 bits per heavy atom. The number of carbonyl (C=O) groups excluding carboxylic acids is 1. The SMILES string of the molecule is [NH3+]C1S[C@@H](C(=O)c2ccccc2)[C@H](c2cccs2)N1c1ccccc1C(=O)O. The number of para-hydroxylation sites is 1. The number of nitrogens with zero attached hydrogens (tertiary/aromatic N) is 1. The third-order valence-corrected chi connectivity index (χ3v) is 7.01. The molecule has 4 N–H and O–H groups in total. The number of thiophene rings is 1. The second-order valence-electron chi connectivity index (χ2n) is 6.43. The molecule has 0 amide bonds. The summed E-state index contributed by atoms with van der Waals surface area (Å²) < 4.78 is 0. The maximum Gasteiger partial charge on any atom is 0.337 e. The van der Waals surface area contributed by atoms with Crippen LogP contribution in [0, 0.1) is 0 Å². The third kappa shape index (κ3) is 3.32. The number of hydrogen-bond acceptors (Lipinski definition) is 5. The molecule has 0 saturated carbocycles. The van der Waals surface area contributed by atoms with Crippen molar-refractivity contribution in [1.82, 2.24) is 0 Å². The van der Waals surface area contributed by atoms with Crippen LogP contribution in [-0.4, -0.2) is 27.6 Å². The molecule has 2 aromatic carbocycles. The molecule has 0 aliphatic carbocycles. The minimum absolute atomic E-state index is 0.0351. The van der Waals surface area contributed by atoms with Crippen molar-refractivity contribution < 1.29 is 20.4 Å². The highest BCUT2D eigenvalue weighted by atomic mass is 32.2. The second kappa shape index (κ2) is 7.79. The molecule has 2 heterocycles.